The number of aryl methyl sites for hydroxylation is 1. The lowest BCUT2D eigenvalue weighted by Crippen LogP contribution is -2.14. The lowest BCUT2D eigenvalue weighted by molar-refractivity contribution is 0.318. The molecule has 5 heteroatoms. The summed E-state index contributed by atoms with van der Waals surface area (Å²) >= 11 is 0. The van der Waals surface area contributed by atoms with Crippen LogP contribution in [-0.4, -0.2) is 11.0 Å². The lowest BCUT2D eigenvalue weighted by Gasteiger charge is -2.11. The summed E-state index contributed by atoms with van der Waals surface area (Å²) in [6.07, 6.45) is 0. The van der Waals surface area contributed by atoms with Gasteiger partial charge in [-0.05, 0) is 31.2 Å². The van der Waals surface area contributed by atoms with Crippen molar-refractivity contribution in [2.75, 3.05) is 0 Å². The Morgan fingerprint density at radius 1 is 1.21 bits per heavy atom. The topological polar surface area (TPSA) is 67.8 Å². The number of amidine groups is 1. The Labute approximate surface area is 109 Å². The molecule has 0 atom stereocenters. The number of nitrogens with zero attached hydrogens (tertiary/aromatic N) is 1. The van der Waals surface area contributed by atoms with Gasteiger partial charge in [-0.25, -0.2) is 4.39 Å². The van der Waals surface area contributed by atoms with Gasteiger partial charge < -0.3 is 15.7 Å². The van der Waals surface area contributed by atoms with Crippen LogP contribution in [0, 0.1) is 12.7 Å². The summed E-state index contributed by atoms with van der Waals surface area (Å²) < 4.78 is 19.0. The third-order valence-corrected chi connectivity index (χ3v) is 2.58. The predicted molar refractivity (Wildman–Crippen MR) is 70.2 cm³/mol. The van der Waals surface area contributed by atoms with E-state index in [1.165, 1.54) is 12.1 Å². The molecule has 0 unspecified atom stereocenters. The van der Waals surface area contributed by atoms with Crippen LogP contribution in [0.3, 0.4) is 0 Å². The molecule has 0 saturated heterocycles. The zero-order valence-corrected chi connectivity index (χ0v) is 10.3. The summed E-state index contributed by atoms with van der Waals surface area (Å²) in [6, 6.07) is 11.2. The van der Waals surface area contributed by atoms with Crippen LogP contribution in [-0.2, 0) is 0 Å². The fourth-order valence-corrected chi connectivity index (χ4v) is 1.63. The van der Waals surface area contributed by atoms with Gasteiger partial charge in [0.25, 0.3) is 0 Å². The van der Waals surface area contributed by atoms with Gasteiger partial charge in [0, 0.05) is 0 Å². The molecule has 0 fully saturated rings. The van der Waals surface area contributed by atoms with Crippen LogP contribution >= 0.6 is 0 Å². The van der Waals surface area contributed by atoms with Crippen molar-refractivity contribution in [2.24, 2.45) is 10.9 Å². The Hall–Kier alpha value is -2.56. The number of rotatable bonds is 3. The Balaban J connectivity index is 2.43. The van der Waals surface area contributed by atoms with Crippen LogP contribution in [0.4, 0.5) is 4.39 Å². The minimum absolute atomic E-state index is 0.0818. The summed E-state index contributed by atoms with van der Waals surface area (Å²) in [7, 11) is 0. The first-order chi connectivity index (χ1) is 9.11. The number of hydrogen-bond donors (Lipinski definition) is 2. The van der Waals surface area contributed by atoms with E-state index in [9.17, 15) is 4.39 Å². The van der Waals surface area contributed by atoms with E-state index in [4.69, 9.17) is 15.7 Å². The number of ether oxygens (including phenoxy) is 1. The van der Waals surface area contributed by atoms with Gasteiger partial charge in [-0.3, -0.25) is 0 Å². The van der Waals surface area contributed by atoms with Crippen molar-refractivity contribution in [3.63, 3.8) is 0 Å². The first-order valence-electron chi connectivity index (χ1n) is 5.62. The molecule has 2 aromatic carbocycles. The van der Waals surface area contributed by atoms with E-state index in [1.54, 1.807) is 30.3 Å². The van der Waals surface area contributed by atoms with Crippen molar-refractivity contribution in [3.05, 3.63) is 59.4 Å². The summed E-state index contributed by atoms with van der Waals surface area (Å²) in [5.41, 5.74) is 6.91. The molecule has 19 heavy (non-hydrogen) atoms. The maximum Gasteiger partial charge on any atom is 0.173 e. The van der Waals surface area contributed by atoms with E-state index < -0.39 is 5.82 Å². The highest BCUT2D eigenvalue weighted by Gasteiger charge is 2.11. The molecule has 0 aliphatic heterocycles. The van der Waals surface area contributed by atoms with E-state index in [0.29, 0.717) is 11.3 Å². The largest absolute Gasteiger partial charge is 0.454 e. The van der Waals surface area contributed by atoms with Gasteiger partial charge in [0.05, 0.1) is 5.56 Å². The van der Waals surface area contributed by atoms with E-state index in [-0.39, 0.29) is 11.6 Å². The Morgan fingerprint density at radius 3 is 2.63 bits per heavy atom. The highest BCUT2D eigenvalue weighted by Crippen LogP contribution is 2.27. The van der Waals surface area contributed by atoms with Crippen molar-refractivity contribution < 1.29 is 14.3 Å². The van der Waals surface area contributed by atoms with Crippen LogP contribution in [0.5, 0.6) is 11.5 Å². The van der Waals surface area contributed by atoms with Crippen LogP contribution in [0.15, 0.2) is 47.6 Å². The quantitative estimate of drug-likeness (QED) is 0.386. The Morgan fingerprint density at radius 2 is 1.95 bits per heavy atom. The van der Waals surface area contributed by atoms with Gasteiger partial charge in [0.1, 0.15) is 5.75 Å². The highest BCUT2D eigenvalue weighted by molar-refractivity contribution is 5.99. The molecule has 98 valence electrons. The number of benzene rings is 2. The molecule has 0 saturated carbocycles. The predicted octanol–water partition coefficient (Wildman–Crippen LogP) is 3.02. The average molecular weight is 260 g/mol. The molecule has 0 aliphatic rings. The molecule has 0 aliphatic carbocycles. The van der Waals surface area contributed by atoms with Crippen molar-refractivity contribution >= 4 is 5.84 Å². The van der Waals surface area contributed by atoms with Crippen LogP contribution in [0.2, 0.25) is 0 Å². The molecule has 0 amide bonds. The molecule has 0 spiro atoms. The molecule has 2 rings (SSSR count). The monoisotopic (exact) mass is 260 g/mol. The number of oxime groups is 1. The van der Waals surface area contributed by atoms with Gasteiger partial charge in [0.2, 0.25) is 0 Å². The molecule has 0 bridgehead atoms. The van der Waals surface area contributed by atoms with Gasteiger partial charge in [-0.1, -0.05) is 28.9 Å². The van der Waals surface area contributed by atoms with E-state index >= 15 is 0 Å². The van der Waals surface area contributed by atoms with E-state index in [1.807, 2.05) is 6.92 Å². The molecule has 0 heterocycles. The normalized spacial score (nSPS) is 11.4. The first-order valence-corrected chi connectivity index (χ1v) is 5.62. The van der Waals surface area contributed by atoms with Gasteiger partial charge in [0.15, 0.2) is 17.4 Å². The smallest absolute Gasteiger partial charge is 0.173 e. The average Bonchev–Trinajstić information content (AvgIpc) is 2.42. The SMILES string of the molecule is Cc1ccc(Oc2ccccc2F)c(/C(N)=N/O)c1. The lowest BCUT2D eigenvalue weighted by atomic mass is 10.1. The summed E-state index contributed by atoms with van der Waals surface area (Å²) in [4.78, 5) is 0. The van der Waals surface area contributed by atoms with E-state index in [0.717, 1.165) is 5.56 Å². The third-order valence-electron chi connectivity index (χ3n) is 2.58. The zero-order chi connectivity index (χ0) is 13.8. The van der Waals surface area contributed by atoms with Crippen molar-refractivity contribution in [1.82, 2.24) is 0 Å². The Kier molecular flexibility index (Phi) is 3.66. The van der Waals surface area contributed by atoms with Gasteiger partial charge >= 0.3 is 0 Å². The first kappa shape index (κ1) is 12.9. The maximum absolute atomic E-state index is 13.5. The Bertz CT molecular complexity index is 627. The second kappa shape index (κ2) is 5.39. The zero-order valence-electron chi connectivity index (χ0n) is 10.3. The summed E-state index contributed by atoms with van der Waals surface area (Å²) in [6.45, 7) is 1.86. The standard InChI is InChI=1S/C14H13FN2O2/c1-9-6-7-12(10(8-9)14(16)17-18)19-13-5-3-2-4-11(13)15/h2-8,18H,1H3,(H2,16,17). The number of halogens is 1. The second-order valence-electron chi connectivity index (χ2n) is 4.02. The summed E-state index contributed by atoms with van der Waals surface area (Å²) in [5, 5.41) is 11.7. The van der Waals surface area contributed by atoms with Gasteiger partial charge in [-0.15, -0.1) is 0 Å². The number of nitrogens with two attached hydrogens (primary N) is 1. The van der Waals surface area contributed by atoms with Crippen LogP contribution < -0.4 is 10.5 Å². The molecule has 4 nitrogen and oxygen atoms in total. The fraction of sp³-hybridized carbons (Fsp3) is 0.0714. The third kappa shape index (κ3) is 2.82. The van der Waals surface area contributed by atoms with Gasteiger partial charge in [-0.2, -0.15) is 0 Å². The molecular weight excluding hydrogens is 247 g/mol. The van der Waals surface area contributed by atoms with Crippen molar-refractivity contribution in [1.29, 1.82) is 0 Å². The van der Waals surface area contributed by atoms with Crippen LogP contribution in [0.1, 0.15) is 11.1 Å². The van der Waals surface area contributed by atoms with Crippen molar-refractivity contribution in [2.45, 2.75) is 6.92 Å². The molecule has 3 N–H and O–H groups in total. The maximum atomic E-state index is 13.5. The minimum Gasteiger partial charge on any atom is -0.454 e. The fourth-order valence-electron chi connectivity index (χ4n) is 1.63. The second-order valence-corrected chi connectivity index (χ2v) is 4.02. The summed E-state index contributed by atoms with van der Waals surface area (Å²) in [5.74, 6) is -0.159. The molecule has 0 aromatic heterocycles. The van der Waals surface area contributed by atoms with E-state index in [2.05, 4.69) is 5.16 Å². The number of hydrogen-bond acceptors (Lipinski definition) is 3. The van der Waals surface area contributed by atoms with Crippen LogP contribution in [0.25, 0.3) is 0 Å². The molecule has 2 aromatic rings. The number of para-hydroxylation sites is 1. The molecule has 0 radical (unpaired) electrons. The van der Waals surface area contributed by atoms with Crippen molar-refractivity contribution in [3.8, 4) is 11.5 Å². The molecular formula is C14H13FN2O2. The highest BCUT2D eigenvalue weighted by atomic mass is 19.1. The minimum atomic E-state index is -0.478.